The zero-order valence-corrected chi connectivity index (χ0v) is 23.1. The van der Waals surface area contributed by atoms with Gasteiger partial charge in [-0.25, -0.2) is 0 Å². The molecule has 5 heteroatoms. The first kappa shape index (κ1) is 29.3. The predicted molar refractivity (Wildman–Crippen MR) is 163 cm³/mol. The summed E-state index contributed by atoms with van der Waals surface area (Å²) in [4.78, 5) is 26.5. The number of phenols is 1. The number of fused-ring (bicyclic) bond motifs is 1. The fraction of sp³-hybridized carbons (Fsp3) is 0.371. The van der Waals surface area contributed by atoms with Crippen molar-refractivity contribution in [2.24, 2.45) is 5.92 Å². The number of carbonyl (C=O) groups is 2. The summed E-state index contributed by atoms with van der Waals surface area (Å²) < 4.78 is 0. The Morgan fingerprint density at radius 2 is 1.73 bits per heavy atom. The van der Waals surface area contributed by atoms with Crippen LogP contribution >= 0.6 is 0 Å². The maximum Gasteiger partial charge on any atom is 0.255 e. The molecule has 0 bridgehead atoms. The van der Waals surface area contributed by atoms with Crippen molar-refractivity contribution < 1.29 is 14.7 Å². The van der Waals surface area contributed by atoms with Gasteiger partial charge in [0.1, 0.15) is 12.0 Å². The maximum atomic E-state index is 13.2. The molecule has 3 unspecified atom stereocenters. The van der Waals surface area contributed by atoms with Crippen LogP contribution in [0, 0.1) is 12.8 Å². The number of amides is 1. The summed E-state index contributed by atoms with van der Waals surface area (Å²) in [7, 11) is 2.17. The Hall–Kier alpha value is -3.70. The van der Waals surface area contributed by atoms with Crippen molar-refractivity contribution in [2.45, 2.75) is 58.4 Å². The first-order valence-corrected chi connectivity index (χ1v) is 14.0. The van der Waals surface area contributed by atoms with Crippen LogP contribution in [0.15, 0.2) is 72.8 Å². The van der Waals surface area contributed by atoms with Gasteiger partial charge in [-0.15, -0.1) is 0 Å². The third kappa shape index (κ3) is 5.48. The molecule has 1 amide bonds. The third-order valence-corrected chi connectivity index (χ3v) is 9.03. The number of likely N-dealkylation sites (tertiary alicyclic amines) is 1. The first-order chi connectivity index (χ1) is 18.8. The van der Waals surface area contributed by atoms with Crippen molar-refractivity contribution in [1.29, 1.82) is 0 Å². The standard InChI is InChI=1S/C34H38N2O3.CH4/c1-23-7-16-29(32(38)31(23)34-18-5-4-6-30(34)24(2)36(3)21-19-34)33(39)35-20-17-25-8-12-27(13-9-25)28-14-10-26(22-37)11-15-28;/h4,6-16,22,24,30,38H,5,17-21H2,1-3H3,(H,35,39);1H4. The summed E-state index contributed by atoms with van der Waals surface area (Å²) >= 11 is 0. The Morgan fingerprint density at radius 3 is 2.40 bits per heavy atom. The fourth-order valence-corrected chi connectivity index (χ4v) is 6.66. The number of aldehydes is 1. The lowest BCUT2D eigenvalue weighted by molar-refractivity contribution is 0.0685. The van der Waals surface area contributed by atoms with E-state index in [1.807, 2.05) is 30.3 Å². The third-order valence-electron chi connectivity index (χ3n) is 9.03. The number of phenolic OH excluding ortho intramolecular Hbond substituents is 1. The molecule has 1 aliphatic heterocycles. The molecule has 5 nitrogen and oxygen atoms in total. The summed E-state index contributed by atoms with van der Waals surface area (Å²) in [5.41, 5.74) is 6.14. The van der Waals surface area contributed by atoms with E-state index in [2.05, 4.69) is 67.5 Å². The number of rotatable bonds is 7. The molecular formula is C35H42N2O3. The Morgan fingerprint density at radius 1 is 1.05 bits per heavy atom. The molecular weight excluding hydrogens is 496 g/mol. The molecule has 1 heterocycles. The van der Waals surface area contributed by atoms with Gasteiger partial charge in [-0.3, -0.25) is 9.59 Å². The predicted octanol–water partition coefficient (Wildman–Crippen LogP) is 6.72. The van der Waals surface area contributed by atoms with Crippen molar-refractivity contribution in [2.75, 3.05) is 20.1 Å². The molecule has 210 valence electrons. The van der Waals surface area contributed by atoms with E-state index in [9.17, 15) is 14.7 Å². The first-order valence-electron chi connectivity index (χ1n) is 14.0. The number of allylic oxidation sites excluding steroid dienone is 1. The Labute approximate surface area is 238 Å². The van der Waals surface area contributed by atoms with Crippen molar-refractivity contribution >= 4 is 12.2 Å². The van der Waals surface area contributed by atoms with E-state index in [1.165, 1.54) is 0 Å². The van der Waals surface area contributed by atoms with Crippen LogP contribution in [0.5, 0.6) is 5.75 Å². The Bertz CT molecular complexity index is 1380. The van der Waals surface area contributed by atoms with Crippen LogP contribution in [0.2, 0.25) is 0 Å². The highest BCUT2D eigenvalue weighted by molar-refractivity contribution is 5.97. The van der Waals surface area contributed by atoms with Gasteiger partial charge in [-0.05, 0) is 81.4 Å². The fourth-order valence-electron chi connectivity index (χ4n) is 6.66. The van der Waals surface area contributed by atoms with Gasteiger partial charge in [0.05, 0.1) is 5.56 Å². The SMILES string of the molecule is C.Cc1ccc(C(=O)NCCc2ccc(-c3ccc(C=O)cc3)cc2)c(O)c1C12CCC=CC1C(C)N(C)CC2. The largest absolute Gasteiger partial charge is 0.507 e. The summed E-state index contributed by atoms with van der Waals surface area (Å²) in [6, 6.07) is 19.9. The van der Waals surface area contributed by atoms with E-state index in [-0.39, 0.29) is 24.5 Å². The molecule has 1 fully saturated rings. The van der Waals surface area contributed by atoms with Crippen LogP contribution in [0.1, 0.15) is 71.0 Å². The Balaban J connectivity index is 0.00000370. The highest BCUT2D eigenvalue weighted by Crippen LogP contribution is 2.52. The highest BCUT2D eigenvalue weighted by atomic mass is 16.3. The molecule has 3 aromatic carbocycles. The van der Waals surface area contributed by atoms with Gasteiger partial charge in [0, 0.05) is 35.0 Å². The smallest absolute Gasteiger partial charge is 0.255 e. The number of carbonyl (C=O) groups excluding carboxylic acids is 2. The number of piperidine rings is 1. The molecule has 0 radical (unpaired) electrons. The summed E-state index contributed by atoms with van der Waals surface area (Å²) in [6.07, 6.45) is 9.10. The maximum absolute atomic E-state index is 13.2. The van der Waals surface area contributed by atoms with Crippen LogP contribution in [-0.4, -0.2) is 48.4 Å². The molecule has 2 N–H and O–H groups in total. The number of nitrogens with zero attached hydrogens (tertiary/aromatic N) is 1. The molecule has 40 heavy (non-hydrogen) atoms. The molecule has 1 saturated heterocycles. The van der Waals surface area contributed by atoms with Gasteiger partial charge >= 0.3 is 0 Å². The van der Waals surface area contributed by atoms with E-state index in [4.69, 9.17) is 0 Å². The zero-order chi connectivity index (χ0) is 27.6. The van der Waals surface area contributed by atoms with Gasteiger partial charge in [-0.2, -0.15) is 0 Å². The summed E-state index contributed by atoms with van der Waals surface area (Å²) in [5.74, 6) is 0.217. The van der Waals surface area contributed by atoms with Gasteiger partial charge in [0.15, 0.2) is 0 Å². The summed E-state index contributed by atoms with van der Waals surface area (Å²) in [6.45, 7) is 5.79. The number of aromatic hydroxyl groups is 1. The van der Waals surface area contributed by atoms with Gasteiger partial charge in [-0.1, -0.05) is 74.2 Å². The van der Waals surface area contributed by atoms with Crippen LogP contribution in [0.3, 0.4) is 0 Å². The molecule has 0 aromatic heterocycles. The zero-order valence-electron chi connectivity index (χ0n) is 23.1. The molecule has 3 atom stereocenters. The quantitative estimate of drug-likeness (QED) is 0.259. The van der Waals surface area contributed by atoms with Crippen molar-refractivity contribution in [3.63, 3.8) is 0 Å². The topological polar surface area (TPSA) is 69.6 Å². The minimum atomic E-state index is -0.235. The van der Waals surface area contributed by atoms with Crippen LogP contribution < -0.4 is 5.32 Å². The van der Waals surface area contributed by atoms with E-state index in [0.717, 1.165) is 59.9 Å². The van der Waals surface area contributed by atoms with E-state index < -0.39 is 0 Å². The number of hydrogen-bond donors (Lipinski definition) is 2. The number of nitrogens with one attached hydrogen (secondary N) is 1. The normalized spacial score (nSPS) is 22.2. The number of hydrogen-bond acceptors (Lipinski definition) is 4. The Kier molecular flexibility index (Phi) is 8.95. The molecule has 3 aromatic rings. The second-order valence-electron chi connectivity index (χ2n) is 11.2. The van der Waals surface area contributed by atoms with Crippen LogP contribution in [-0.2, 0) is 11.8 Å². The lowest BCUT2D eigenvalue weighted by Gasteiger charge is -2.52. The van der Waals surface area contributed by atoms with E-state index >= 15 is 0 Å². The lowest BCUT2D eigenvalue weighted by Crippen LogP contribution is -2.54. The minimum absolute atomic E-state index is 0. The second kappa shape index (κ2) is 12.2. The molecule has 5 rings (SSSR count). The van der Waals surface area contributed by atoms with E-state index in [0.29, 0.717) is 36.1 Å². The monoisotopic (exact) mass is 538 g/mol. The number of benzene rings is 3. The van der Waals surface area contributed by atoms with Gasteiger partial charge in [0.2, 0.25) is 0 Å². The average molecular weight is 539 g/mol. The van der Waals surface area contributed by atoms with Gasteiger partial charge < -0.3 is 15.3 Å². The number of aryl methyl sites for hydroxylation is 1. The summed E-state index contributed by atoms with van der Waals surface area (Å²) in [5, 5.41) is 14.6. The minimum Gasteiger partial charge on any atom is -0.507 e. The van der Waals surface area contributed by atoms with Crippen molar-refractivity contribution in [1.82, 2.24) is 10.2 Å². The van der Waals surface area contributed by atoms with Crippen molar-refractivity contribution in [3.8, 4) is 16.9 Å². The highest BCUT2D eigenvalue weighted by Gasteiger charge is 2.49. The van der Waals surface area contributed by atoms with Gasteiger partial charge in [0.25, 0.3) is 5.91 Å². The van der Waals surface area contributed by atoms with Crippen LogP contribution in [0.25, 0.3) is 11.1 Å². The lowest BCUT2D eigenvalue weighted by atomic mass is 9.58. The van der Waals surface area contributed by atoms with E-state index in [1.54, 1.807) is 6.07 Å². The molecule has 0 saturated carbocycles. The molecule has 2 aliphatic rings. The van der Waals surface area contributed by atoms with Crippen molar-refractivity contribution in [3.05, 3.63) is 101 Å². The molecule has 0 spiro atoms. The average Bonchev–Trinajstić information content (AvgIpc) is 2.96. The molecule has 1 aliphatic carbocycles. The van der Waals surface area contributed by atoms with Crippen LogP contribution in [0.4, 0.5) is 0 Å². The second-order valence-corrected chi connectivity index (χ2v) is 11.2.